The van der Waals surface area contributed by atoms with Crippen molar-refractivity contribution in [1.29, 1.82) is 0 Å². The summed E-state index contributed by atoms with van der Waals surface area (Å²) in [6.07, 6.45) is 2.93. The van der Waals surface area contributed by atoms with E-state index in [1.807, 2.05) is 69.2 Å². The van der Waals surface area contributed by atoms with E-state index < -0.39 is 0 Å². The van der Waals surface area contributed by atoms with Gasteiger partial charge in [0.15, 0.2) is 0 Å². The number of ketones is 3. The topological polar surface area (TPSA) is 51.2 Å². The SMILES string of the molecule is C.CC(=O)C(C)(C)C.CC(C)(C)C(=O)C1CC1.CCC(=O)C(C)(C)C. The Morgan fingerprint density at radius 1 is 0.760 bits per heavy atom. The van der Waals surface area contributed by atoms with Gasteiger partial charge in [0, 0.05) is 28.6 Å². The standard InChI is InChI=1S/C8H14O.C7H14O.C6H12O.CH4/c1-8(2,3)7(9)6-4-5-6;1-5-6(8)7(2,3)4;1-5(7)6(2,3)4;/h6H,4-5H2,1-3H3;5H2,1-4H3;1-4H3;1H4. The second-order valence-corrected chi connectivity index (χ2v) is 9.72. The molecule has 0 amide bonds. The van der Waals surface area contributed by atoms with Crippen LogP contribution in [0.2, 0.25) is 0 Å². The molecule has 0 N–H and O–H groups in total. The van der Waals surface area contributed by atoms with E-state index in [9.17, 15) is 14.4 Å². The van der Waals surface area contributed by atoms with E-state index in [2.05, 4.69) is 0 Å². The number of hydrogen-bond acceptors (Lipinski definition) is 3. The highest BCUT2D eigenvalue weighted by Gasteiger charge is 2.36. The Bertz CT molecular complexity index is 422. The van der Waals surface area contributed by atoms with Gasteiger partial charge < -0.3 is 0 Å². The highest BCUT2D eigenvalue weighted by Crippen LogP contribution is 2.36. The molecule has 0 bridgehead atoms. The van der Waals surface area contributed by atoms with Crippen molar-refractivity contribution in [1.82, 2.24) is 0 Å². The second kappa shape index (κ2) is 10.9. The lowest BCUT2D eigenvalue weighted by atomic mass is 9.88. The molecule has 0 unspecified atom stereocenters. The first-order valence-electron chi connectivity index (χ1n) is 9.03. The third-order valence-electron chi connectivity index (χ3n) is 3.90. The molecule has 0 aromatic rings. The number of Topliss-reactive ketones (excluding diaryl/α,β-unsaturated/α-hetero) is 3. The van der Waals surface area contributed by atoms with Crippen molar-refractivity contribution in [2.24, 2.45) is 22.2 Å². The Hall–Kier alpha value is -0.990. The van der Waals surface area contributed by atoms with Crippen LogP contribution in [0.25, 0.3) is 0 Å². The maximum atomic E-state index is 11.2. The molecule has 0 aromatic carbocycles. The summed E-state index contributed by atoms with van der Waals surface area (Å²) in [7, 11) is 0. The minimum absolute atomic E-state index is 0. The molecule has 1 saturated carbocycles. The van der Waals surface area contributed by atoms with Crippen LogP contribution in [0.1, 0.15) is 103 Å². The average Bonchev–Trinajstić information content (AvgIpc) is 3.19. The van der Waals surface area contributed by atoms with Crippen molar-refractivity contribution in [2.75, 3.05) is 0 Å². The summed E-state index contributed by atoms with van der Waals surface area (Å²) < 4.78 is 0. The summed E-state index contributed by atoms with van der Waals surface area (Å²) in [4.78, 5) is 32.5. The lowest BCUT2D eigenvalue weighted by molar-refractivity contribution is -0.127. The lowest BCUT2D eigenvalue weighted by Gasteiger charge is -2.15. The molecule has 1 fully saturated rings. The van der Waals surface area contributed by atoms with E-state index in [0.717, 1.165) is 12.8 Å². The fourth-order valence-electron chi connectivity index (χ4n) is 1.49. The highest BCUT2D eigenvalue weighted by atomic mass is 16.1. The Kier molecular flexibility index (Phi) is 12.5. The van der Waals surface area contributed by atoms with E-state index in [0.29, 0.717) is 23.9 Å². The van der Waals surface area contributed by atoms with Gasteiger partial charge in [-0.15, -0.1) is 0 Å². The predicted molar refractivity (Wildman–Crippen MR) is 109 cm³/mol. The Balaban J connectivity index is -0.000000288. The molecule has 150 valence electrons. The van der Waals surface area contributed by atoms with Crippen LogP contribution in [-0.4, -0.2) is 17.3 Å². The maximum absolute atomic E-state index is 11.2. The van der Waals surface area contributed by atoms with Crippen molar-refractivity contribution >= 4 is 17.3 Å². The van der Waals surface area contributed by atoms with Gasteiger partial charge in [0.25, 0.3) is 0 Å². The van der Waals surface area contributed by atoms with Gasteiger partial charge in [0.05, 0.1) is 0 Å². The van der Waals surface area contributed by atoms with Crippen LogP contribution in [0.4, 0.5) is 0 Å². The molecule has 0 heterocycles. The Labute approximate surface area is 157 Å². The van der Waals surface area contributed by atoms with Crippen LogP contribution in [0.3, 0.4) is 0 Å². The predicted octanol–water partition coefficient (Wildman–Crippen LogP) is 6.28. The third kappa shape index (κ3) is 15.0. The molecule has 0 aromatic heterocycles. The zero-order chi connectivity index (χ0) is 19.9. The van der Waals surface area contributed by atoms with Gasteiger partial charge in [-0.2, -0.15) is 0 Å². The fraction of sp³-hybridized carbons (Fsp3) is 0.864. The maximum Gasteiger partial charge on any atom is 0.141 e. The zero-order valence-corrected chi connectivity index (χ0v) is 17.9. The largest absolute Gasteiger partial charge is 0.299 e. The van der Waals surface area contributed by atoms with Crippen LogP contribution in [0, 0.1) is 22.2 Å². The van der Waals surface area contributed by atoms with Crippen molar-refractivity contribution in [3.05, 3.63) is 0 Å². The average molecular weight is 357 g/mol. The molecular formula is C22H44O3. The van der Waals surface area contributed by atoms with Crippen LogP contribution >= 0.6 is 0 Å². The van der Waals surface area contributed by atoms with Gasteiger partial charge in [-0.1, -0.05) is 76.7 Å². The van der Waals surface area contributed by atoms with Crippen molar-refractivity contribution in [3.63, 3.8) is 0 Å². The van der Waals surface area contributed by atoms with Crippen LogP contribution in [0.15, 0.2) is 0 Å². The van der Waals surface area contributed by atoms with Crippen LogP contribution < -0.4 is 0 Å². The molecule has 0 atom stereocenters. The second-order valence-electron chi connectivity index (χ2n) is 9.72. The third-order valence-corrected chi connectivity index (χ3v) is 3.90. The monoisotopic (exact) mass is 356 g/mol. The van der Waals surface area contributed by atoms with E-state index >= 15 is 0 Å². The van der Waals surface area contributed by atoms with Gasteiger partial charge in [0.2, 0.25) is 0 Å². The summed E-state index contributed by atoms with van der Waals surface area (Å²) in [5.74, 6) is 1.44. The fourth-order valence-corrected chi connectivity index (χ4v) is 1.49. The van der Waals surface area contributed by atoms with Gasteiger partial charge >= 0.3 is 0 Å². The summed E-state index contributed by atoms with van der Waals surface area (Å²) in [5.41, 5.74) is -0.365. The van der Waals surface area contributed by atoms with E-state index in [1.165, 1.54) is 0 Å². The molecule has 1 rings (SSSR count). The lowest BCUT2D eigenvalue weighted by Crippen LogP contribution is -2.21. The van der Waals surface area contributed by atoms with Crippen LogP contribution in [-0.2, 0) is 14.4 Å². The highest BCUT2D eigenvalue weighted by molar-refractivity contribution is 5.87. The van der Waals surface area contributed by atoms with Crippen molar-refractivity contribution in [3.8, 4) is 0 Å². The van der Waals surface area contributed by atoms with E-state index in [4.69, 9.17) is 0 Å². The van der Waals surface area contributed by atoms with E-state index in [1.54, 1.807) is 6.92 Å². The molecule has 0 saturated heterocycles. The van der Waals surface area contributed by atoms with Gasteiger partial charge in [-0.05, 0) is 19.8 Å². The quantitative estimate of drug-likeness (QED) is 0.585. The first-order chi connectivity index (χ1) is 10.4. The molecule has 3 nitrogen and oxygen atoms in total. The molecule has 1 aliphatic carbocycles. The molecule has 0 radical (unpaired) electrons. The van der Waals surface area contributed by atoms with Gasteiger partial charge in [-0.3, -0.25) is 14.4 Å². The van der Waals surface area contributed by atoms with Gasteiger partial charge in [0.1, 0.15) is 17.3 Å². The minimum Gasteiger partial charge on any atom is -0.299 e. The number of rotatable bonds is 2. The molecule has 0 spiro atoms. The van der Waals surface area contributed by atoms with Gasteiger partial charge in [-0.25, -0.2) is 0 Å². The summed E-state index contributed by atoms with van der Waals surface area (Å²) in [6, 6.07) is 0. The van der Waals surface area contributed by atoms with Crippen LogP contribution in [0.5, 0.6) is 0 Å². The number of carbonyl (C=O) groups is 3. The summed E-state index contributed by atoms with van der Waals surface area (Å²) in [5, 5.41) is 0. The Morgan fingerprint density at radius 2 is 1.08 bits per heavy atom. The molecule has 25 heavy (non-hydrogen) atoms. The first-order valence-corrected chi connectivity index (χ1v) is 9.03. The Morgan fingerprint density at radius 3 is 1.12 bits per heavy atom. The normalized spacial score (nSPS) is 14.0. The molecule has 3 heteroatoms. The smallest absolute Gasteiger partial charge is 0.141 e. The number of hydrogen-bond donors (Lipinski definition) is 0. The summed E-state index contributed by atoms with van der Waals surface area (Å²) >= 11 is 0. The molecule has 1 aliphatic rings. The molecular weight excluding hydrogens is 312 g/mol. The zero-order valence-electron chi connectivity index (χ0n) is 17.9. The summed E-state index contributed by atoms with van der Waals surface area (Å²) in [6.45, 7) is 21.1. The van der Waals surface area contributed by atoms with E-state index in [-0.39, 0.29) is 29.5 Å². The first kappa shape index (κ1) is 28.8. The number of carbonyl (C=O) groups excluding carboxylic acids is 3. The minimum atomic E-state index is -0.139. The molecule has 0 aliphatic heterocycles. The van der Waals surface area contributed by atoms with Crippen molar-refractivity contribution in [2.45, 2.75) is 103 Å². The van der Waals surface area contributed by atoms with Crippen molar-refractivity contribution < 1.29 is 14.4 Å².